The lowest BCUT2D eigenvalue weighted by atomic mass is 9.94. The Morgan fingerprint density at radius 2 is 2.16 bits per heavy atom. The van der Waals surface area contributed by atoms with Crippen molar-refractivity contribution in [1.29, 1.82) is 0 Å². The van der Waals surface area contributed by atoms with Gasteiger partial charge in [0.2, 0.25) is 5.43 Å². The summed E-state index contributed by atoms with van der Waals surface area (Å²) < 4.78 is 28.3. The van der Waals surface area contributed by atoms with E-state index in [-0.39, 0.29) is 23.6 Å². The van der Waals surface area contributed by atoms with Crippen molar-refractivity contribution in [1.82, 2.24) is 9.88 Å². The van der Waals surface area contributed by atoms with E-state index in [1.807, 2.05) is 9.47 Å². The van der Waals surface area contributed by atoms with E-state index < -0.39 is 17.2 Å². The number of anilines is 1. The van der Waals surface area contributed by atoms with Crippen LogP contribution in [-0.4, -0.2) is 49.9 Å². The largest absolute Gasteiger partial charge is 0.492 e. The summed E-state index contributed by atoms with van der Waals surface area (Å²) in [5.41, 5.74) is 0.287. The number of ether oxygens (including phenoxy) is 2. The fourth-order valence-electron chi connectivity index (χ4n) is 5.16. The molecule has 1 aromatic carbocycles. The van der Waals surface area contributed by atoms with Crippen molar-refractivity contribution in [2.75, 3.05) is 38.3 Å². The van der Waals surface area contributed by atoms with E-state index in [0.717, 1.165) is 38.8 Å². The van der Waals surface area contributed by atoms with Crippen LogP contribution in [0, 0.1) is 11.7 Å². The number of hydrogen-bond donors (Lipinski definition) is 1. The molecule has 0 radical (unpaired) electrons. The number of benzene rings is 1. The molecule has 2 atom stereocenters. The van der Waals surface area contributed by atoms with E-state index in [1.165, 1.54) is 19.3 Å². The quantitative estimate of drug-likeness (QED) is 0.549. The molecule has 0 amide bonds. The third-order valence-corrected chi connectivity index (χ3v) is 6.81. The lowest BCUT2D eigenvalue weighted by molar-refractivity contribution is 0.0547. The first-order valence-corrected chi connectivity index (χ1v) is 11.2. The molecule has 5 rings (SSSR count). The van der Waals surface area contributed by atoms with E-state index >= 15 is 4.39 Å². The van der Waals surface area contributed by atoms with E-state index in [1.54, 1.807) is 6.20 Å². The third kappa shape index (κ3) is 3.46. The van der Waals surface area contributed by atoms with Crippen LogP contribution < -0.4 is 20.4 Å². The molecular weight excluding hydrogens is 413 g/mol. The number of hydrogen-bond acceptors (Lipinski definition) is 6. The molecule has 2 aliphatic heterocycles. The summed E-state index contributed by atoms with van der Waals surface area (Å²) in [6.07, 6.45) is 7.07. The van der Waals surface area contributed by atoms with Gasteiger partial charge in [0.25, 0.3) is 0 Å². The Kier molecular flexibility index (Phi) is 5.41. The number of pyridine rings is 1. The Bertz CT molecular complexity index is 1130. The fourth-order valence-corrected chi connectivity index (χ4v) is 5.16. The maximum absolute atomic E-state index is 15.5. The van der Waals surface area contributed by atoms with E-state index in [9.17, 15) is 9.59 Å². The number of esters is 1. The van der Waals surface area contributed by atoms with E-state index in [4.69, 9.17) is 9.47 Å². The molecule has 1 aliphatic carbocycles. The van der Waals surface area contributed by atoms with Crippen LogP contribution in [0.15, 0.2) is 29.7 Å². The zero-order valence-corrected chi connectivity index (χ0v) is 18.2. The first-order valence-electron chi connectivity index (χ1n) is 11.2. The van der Waals surface area contributed by atoms with Crippen molar-refractivity contribution in [3.63, 3.8) is 0 Å². The standard InChI is InChI=1S/C24H28FN3O4/c1-3-9-32-24(30)17-12-28(15-6-7-15)20-16(22(17)29)10-18(25)21(23(20)31-2)27-11-14-5-4-8-26-19(14)13-27/h3,10,12,14-15,19,26H,1,4-9,11,13H2,2H3/t14-,19+/m0/s1. The average Bonchev–Trinajstić information content (AvgIpc) is 3.55. The summed E-state index contributed by atoms with van der Waals surface area (Å²) in [6.45, 7) is 5.96. The van der Waals surface area contributed by atoms with Gasteiger partial charge in [-0.2, -0.15) is 0 Å². The number of rotatable bonds is 6. The minimum Gasteiger partial charge on any atom is -0.492 e. The Morgan fingerprint density at radius 1 is 1.34 bits per heavy atom. The van der Waals surface area contributed by atoms with Crippen LogP contribution in [0.4, 0.5) is 10.1 Å². The molecule has 1 aromatic heterocycles. The zero-order chi connectivity index (χ0) is 22.4. The van der Waals surface area contributed by atoms with Crippen molar-refractivity contribution < 1.29 is 18.7 Å². The van der Waals surface area contributed by atoms with Crippen molar-refractivity contribution in [2.45, 2.75) is 37.8 Å². The zero-order valence-electron chi connectivity index (χ0n) is 18.2. The lowest BCUT2D eigenvalue weighted by Crippen LogP contribution is -2.40. The number of carbonyl (C=O) groups excluding carboxylic acids is 1. The van der Waals surface area contributed by atoms with Crippen LogP contribution in [-0.2, 0) is 4.74 Å². The highest BCUT2D eigenvalue weighted by atomic mass is 19.1. The van der Waals surface area contributed by atoms with Crippen molar-refractivity contribution in [2.24, 2.45) is 5.92 Å². The van der Waals surface area contributed by atoms with Gasteiger partial charge in [-0.1, -0.05) is 12.7 Å². The van der Waals surface area contributed by atoms with Gasteiger partial charge >= 0.3 is 5.97 Å². The Morgan fingerprint density at radius 3 is 2.84 bits per heavy atom. The Balaban J connectivity index is 1.67. The SMILES string of the molecule is C=CCOC(=O)c1cn(C2CC2)c2c(OC)c(N3C[C@@H]4CCCN[C@@H]4C3)c(F)cc2c1=O. The second-order valence-corrected chi connectivity index (χ2v) is 8.90. The molecule has 0 spiro atoms. The molecule has 3 heterocycles. The van der Waals surface area contributed by atoms with Crippen LogP contribution >= 0.6 is 0 Å². The fraction of sp³-hybridized carbons (Fsp3) is 0.500. The predicted molar refractivity (Wildman–Crippen MR) is 120 cm³/mol. The number of carbonyl (C=O) groups is 1. The predicted octanol–water partition coefficient (Wildman–Crippen LogP) is 3.02. The van der Waals surface area contributed by atoms with Crippen LogP contribution in [0.2, 0.25) is 0 Å². The number of aromatic nitrogens is 1. The average molecular weight is 442 g/mol. The summed E-state index contributed by atoms with van der Waals surface area (Å²) in [5.74, 6) is -0.418. The molecule has 1 saturated carbocycles. The maximum atomic E-state index is 15.5. The van der Waals surface area contributed by atoms with Crippen LogP contribution in [0.1, 0.15) is 42.1 Å². The van der Waals surface area contributed by atoms with Gasteiger partial charge in [-0.05, 0) is 44.2 Å². The molecule has 0 unspecified atom stereocenters. The minimum atomic E-state index is -0.732. The van der Waals surface area contributed by atoms with Crippen molar-refractivity contribution in [3.05, 3.63) is 46.5 Å². The van der Waals surface area contributed by atoms with Gasteiger partial charge in [0.1, 0.15) is 17.9 Å². The number of nitrogens with zero attached hydrogens (tertiary/aromatic N) is 2. The first kappa shape index (κ1) is 21.0. The summed E-state index contributed by atoms with van der Waals surface area (Å²) >= 11 is 0. The molecule has 2 aromatic rings. The third-order valence-electron chi connectivity index (χ3n) is 6.81. The number of nitrogens with one attached hydrogen (secondary N) is 1. The van der Waals surface area contributed by atoms with Gasteiger partial charge in [0.05, 0.1) is 18.0 Å². The number of fused-ring (bicyclic) bond motifs is 2. The molecule has 170 valence electrons. The van der Waals surface area contributed by atoms with Crippen molar-refractivity contribution in [3.8, 4) is 5.75 Å². The second-order valence-electron chi connectivity index (χ2n) is 8.90. The van der Waals surface area contributed by atoms with E-state index in [2.05, 4.69) is 11.9 Å². The van der Waals surface area contributed by atoms with Gasteiger partial charge in [0, 0.05) is 31.4 Å². The minimum absolute atomic E-state index is 0.00167. The lowest BCUT2D eigenvalue weighted by Gasteiger charge is -2.25. The van der Waals surface area contributed by atoms with Crippen LogP contribution in [0.5, 0.6) is 5.75 Å². The smallest absolute Gasteiger partial charge is 0.343 e. The molecule has 7 nitrogen and oxygen atoms in total. The first-order chi connectivity index (χ1) is 15.5. The summed E-state index contributed by atoms with van der Waals surface area (Å²) in [7, 11) is 1.51. The molecule has 8 heteroatoms. The number of halogens is 1. The molecule has 3 fully saturated rings. The number of piperidine rings is 1. The summed E-state index contributed by atoms with van der Waals surface area (Å²) in [5, 5.41) is 3.68. The Hall–Kier alpha value is -2.87. The highest BCUT2D eigenvalue weighted by Crippen LogP contribution is 2.45. The normalized spacial score (nSPS) is 22.6. The van der Waals surface area contributed by atoms with Gasteiger partial charge in [0.15, 0.2) is 11.6 Å². The highest BCUT2D eigenvalue weighted by Gasteiger charge is 2.38. The van der Waals surface area contributed by atoms with E-state index in [0.29, 0.717) is 35.5 Å². The molecule has 1 N–H and O–H groups in total. The molecule has 2 saturated heterocycles. The maximum Gasteiger partial charge on any atom is 0.343 e. The van der Waals surface area contributed by atoms with Crippen LogP contribution in [0.3, 0.4) is 0 Å². The van der Waals surface area contributed by atoms with Gasteiger partial charge in [-0.15, -0.1) is 0 Å². The monoisotopic (exact) mass is 441 g/mol. The summed E-state index contributed by atoms with van der Waals surface area (Å²) in [6, 6.07) is 1.73. The van der Waals surface area contributed by atoms with Gasteiger partial charge < -0.3 is 24.3 Å². The molecular formula is C24H28FN3O4. The molecule has 3 aliphatic rings. The van der Waals surface area contributed by atoms with Gasteiger partial charge in [-0.25, -0.2) is 9.18 Å². The molecule has 32 heavy (non-hydrogen) atoms. The number of methoxy groups -OCH3 is 1. The van der Waals surface area contributed by atoms with Crippen LogP contribution in [0.25, 0.3) is 10.9 Å². The summed E-state index contributed by atoms with van der Waals surface area (Å²) in [4.78, 5) is 27.7. The van der Waals surface area contributed by atoms with Crippen molar-refractivity contribution >= 4 is 22.6 Å². The second kappa shape index (κ2) is 8.24. The highest BCUT2D eigenvalue weighted by molar-refractivity contribution is 5.97. The van der Waals surface area contributed by atoms with Gasteiger partial charge in [-0.3, -0.25) is 4.79 Å². The molecule has 0 bridgehead atoms. The topological polar surface area (TPSA) is 72.8 Å². The Labute approximate surface area is 185 Å².